The minimum Gasteiger partial charge on any atom is -0.481 e. The normalized spacial score (nSPS) is 16.2. The van der Waals surface area contributed by atoms with Crippen LogP contribution in [-0.4, -0.2) is 90.1 Å². The smallest absolute Gasteiger partial charge is 0.303 e. The summed E-state index contributed by atoms with van der Waals surface area (Å²) in [5.74, 6) is -0.780. The molecule has 236 valence electrons. The number of carbonyl (C=O) groups is 3. The summed E-state index contributed by atoms with van der Waals surface area (Å²) in [4.78, 5) is 42.7. The maximum Gasteiger partial charge on any atom is 0.303 e. The second kappa shape index (κ2) is 16.1. The van der Waals surface area contributed by atoms with Crippen LogP contribution >= 0.6 is 23.2 Å². The van der Waals surface area contributed by atoms with E-state index >= 15 is 0 Å². The zero-order valence-corrected chi connectivity index (χ0v) is 26.5. The Labute approximate surface area is 268 Å². The summed E-state index contributed by atoms with van der Waals surface area (Å²) >= 11 is 12.6. The average molecular weight is 645 g/mol. The average Bonchev–Trinajstić information content (AvgIpc) is 3.54. The highest BCUT2D eigenvalue weighted by Gasteiger charge is 2.35. The molecular formula is C33H39Cl2N3O6. The molecule has 0 radical (unpaired) electrons. The van der Waals surface area contributed by atoms with Gasteiger partial charge in [-0.2, -0.15) is 0 Å². The Morgan fingerprint density at radius 3 is 2.32 bits per heavy atom. The number of esters is 1. The molecule has 0 spiro atoms. The number of amides is 1. The molecule has 4 rings (SSSR count). The van der Waals surface area contributed by atoms with Crippen LogP contribution in [0.4, 0.5) is 0 Å². The van der Waals surface area contributed by atoms with E-state index in [9.17, 15) is 19.5 Å². The molecule has 9 nitrogen and oxygen atoms in total. The molecule has 2 unspecified atom stereocenters. The molecule has 0 aliphatic carbocycles. The highest BCUT2D eigenvalue weighted by Crippen LogP contribution is 2.32. The van der Waals surface area contributed by atoms with Crippen LogP contribution in [0.2, 0.25) is 10.0 Å². The maximum absolute atomic E-state index is 13.1. The summed E-state index contributed by atoms with van der Waals surface area (Å²) in [6.07, 6.45) is 1.77. The van der Waals surface area contributed by atoms with E-state index < -0.39 is 24.1 Å². The molecule has 3 aromatic rings. The molecule has 2 aromatic carbocycles. The summed E-state index contributed by atoms with van der Waals surface area (Å²) in [5, 5.41) is 10.3. The van der Waals surface area contributed by atoms with Gasteiger partial charge in [-0.15, -0.1) is 0 Å². The predicted molar refractivity (Wildman–Crippen MR) is 169 cm³/mol. The van der Waals surface area contributed by atoms with Gasteiger partial charge in [0.15, 0.2) is 0 Å². The summed E-state index contributed by atoms with van der Waals surface area (Å²) < 4.78 is 11.4. The van der Waals surface area contributed by atoms with E-state index in [1.54, 1.807) is 23.3 Å². The Bertz CT molecular complexity index is 1380. The first-order chi connectivity index (χ1) is 21.1. The largest absolute Gasteiger partial charge is 0.481 e. The van der Waals surface area contributed by atoms with Gasteiger partial charge in [0.1, 0.15) is 17.9 Å². The highest BCUT2D eigenvalue weighted by molar-refractivity contribution is 6.42. The van der Waals surface area contributed by atoms with Gasteiger partial charge in [0.2, 0.25) is 0 Å². The van der Waals surface area contributed by atoms with Crippen molar-refractivity contribution in [3.05, 3.63) is 93.9 Å². The van der Waals surface area contributed by atoms with Crippen LogP contribution in [0.5, 0.6) is 0 Å². The molecule has 3 atom stereocenters. The highest BCUT2D eigenvalue weighted by atomic mass is 35.5. The monoisotopic (exact) mass is 643 g/mol. The van der Waals surface area contributed by atoms with Gasteiger partial charge in [0, 0.05) is 64.6 Å². The molecule has 0 saturated carbocycles. The number of hydrogen-bond acceptors (Lipinski definition) is 7. The van der Waals surface area contributed by atoms with E-state index in [1.165, 1.54) is 6.92 Å². The van der Waals surface area contributed by atoms with Crippen LogP contribution in [-0.2, 0) is 14.3 Å². The fraction of sp³-hybridized carbons (Fsp3) is 0.424. The van der Waals surface area contributed by atoms with Crippen LogP contribution in [0, 0.1) is 0 Å². The number of halogens is 2. The van der Waals surface area contributed by atoms with Gasteiger partial charge in [0.25, 0.3) is 5.91 Å². The van der Waals surface area contributed by atoms with E-state index in [4.69, 9.17) is 32.4 Å². The molecular weight excluding hydrogens is 605 g/mol. The number of carboxylic acids is 1. The van der Waals surface area contributed by atoms with Crippen molar-refractivity contribution in [3.8, 4) is 0 Å². The standard InChI is InChI=1S/C33H39Cl2N3O6/c1-23(39)44-30(12-13-31(40)41)32(29-9-6-20-43-29)38-18-16-37(17-19-38)15-14-26(25-10-11-27(34)28(35)21-25)22-36(2)33(42)24-7-4-3-5-8-24/h3-11,20-21,26,30,32H,12-19,22H2,1-2H3,(H,40,41)/t26-,30?,32?/m1/s1. The fourth-order valence-electron chi connectivity index (χ4n) is 5.77. The summed E-state index contributed by atoms with van der Waals surface area (Å²) in [5.41, 5.74) is 1.66. The van der Waals surface area contributed by atoms with Gasteiger partial charge in [-0.05, 0) is 61.3 Å². The number of nitrogens with zero attached hydrogens (tertiary/aromatic N) is 3. The molecule has 1 aliphatic rings. The third-order valence-corrected chi connectivity index (χ3v) is 8.76. The molecule has 1 aromatic heterocycles. The van der Waals surface area contributed by atoms with Crippen LogP contribution in [0.15, 0.2) is 71.3 Å². The molecule has 11 heteroatoms. The SMILES string of the molecule is CC(=O)OC(CCC(=O)O)C(c1ccco1)N1CCN(CC[C@H](CN(C)C(=O)c2ccccc2)c2ccc(Cl)c(Cl)c2)CC1. The molecule has 1 fully saturated rings. The third-order valence-electron chi connectivity index (χ3n) is 8.02. The van der Waals surface area contributed by atoms with Crippen LogP contribution in [0.25, 0.3) is 0 Å². The van der Waals surface area contributed by atoms with E-state index in [1.807, 2.05) is 55.6 Å². The zero-order valence-electron chi connectivity index (χ0n) is 25.0. The Kier molecular flexibility index (Phi) is 12.3. The lowest BCUT2D eigenvalue weighted by Gasteiger charge is -2.41. The molecule has 1 aliphatic heterocycles. The van der Waals surface area contributed by atoms with Crippen molar-refractivity contribution in [1.82, 2.24) is 14.7 Å². The number of likely N-dealkylation sites (N-methyl/N-ethyl adjacent to an activating group) is 1. The molecule has 1 saturated heterocycles. The van der Waals surface area contributed by atoms with Gasteiger partial charge in [-0.1, -0.05) is 47.5 Å². The summed E-state index contributed by atoms with van der Waals surface area (Å²) in [6, 6.07) is 18.1. The van der Waals surface area contributed by atoms with Crippen molar-refractivity contribution < 1.29 is 28.6 Å². The minimum absolute atomic E-state index is 0.0284. The number of carbonyl (C=O) groups excluding carboxylic acids is 2. The molecule has 0 bridgehead atoms. The van der Waals surface area contributed by atoms with E-state index in [-0.39, 0.29) is 24.7 Å². The van der Waals surface area contributed by atoms with Crippen LogP contribution in [0.3, 0.4) is 0 Å². The van der Waals surface area contributed by atoms with Crippen molar-refractivity contribution >= 4 is 41.0 Å². The molecule has 1 amide bonds. The Morgan fingerprint density at radius 2 is 1.70 bits per heavy atom. The minimum atomic E-state index is -0.946. The summed E-state index contributed by atoms with van der Waals surface area (Å²) in [7, 11) is 1.82. The Hall–Kier alpha value is -3.37. The van der Waals surface area contributed by atoms with E-state index in [0.717, 1.165) is 31.6 Å². The number of ether oxygens (including phenoxy) is 1. The lowest BCUT2D eigenvalue weighted by Crippen LogP contribution is -2.50. The number of carboxylic acid groups (broad SMARTS) is 1. The quantitative estimate of drug-likeness (QED) is 0.214. The second-order valence-corrected chi connectivity index (χ2v) is 11.9. The number of rotatable bonds is 14. The van der Waals surface area contributed by atoms with Crippen molar-refractivity contribution in [2.24, 2.45) is 0 Å². The van der Waals surface area contributed by atoms with Gasteiger partial charge < -0.3 is 24.1 Å². The van der Waals surface area contributed by atoms with Crippen LogP contribution in [0.1, 0.15) is 59.8 Å². The zero-order chi connectivity index (χ0) is 31.6. The topological polar surface area (TPSA) is 104 Å². The summed E-state index contributed by atoms with van der Waals surface area (Å²) in [6.45, 7) is 5.52. The fourth-order valence-corrected chi connectivity index (χ4v) is 6.07. The van der Waals surface area contributed by atoms with Crippen LogP contribution < -0.4 is 0 Å². The van der Waals surface area contributed by atoms with E-state index in [0.29, 0.717) is 41.0 Å². The number of piperazine rings is 1. The predicted octanol–water partition coefficient (Wildman–Crippen LogP) is 5.99. The van der Waals surface area contributed by atoms with Gasteiger partial charge in [0.05, 0.1) is 16.3 Å². The van der Waals surface area contributed by atoms with E-state index in [2.05, 4.69) is 9.80 Å². The molecule has 44 heavy (non-hydrogen) atoms. The number of aliphatic carboxylic acids is 1. The first-order valence-corrected chi connectivity index (χ1v) is 15.5. The first-order valence-electron chi connectivity index (χ1n) is 14.8. The van der Waals surface area contributed by atoms with Crippen molar-refractivity contribution in [2.75, 3.05) is 46.3 Å². The van der Waals surface area contributed by atoms with Crippen molar-refractivity contribution in [2.45, 2.75) is 44.2 Å². The van der Waals surface area contributed by atoms with Gasteiger partial charge >= 0.3 is 11.9 Å². The molecule has 2 heterocycles. The lowest BCUT2D eigenvalue weighted by atomic mass is 9.94. The number of furan rings is 1. The van der Waals surface area contributed by atoms with Crippen molar-refractivity contribution in [3.63, 3.8) is 0 Å². The van der Waals surface area contributed by atoms with Crippen molar-refractivity contribution in [1.29, 1.82) is 0 Å². The maximum atomic E-state index is 13.1. The molecule has 1 N–H and O–H groups in total. The second-order valence-electron chi connectivity index (χ2n) is 11.1. The number of hydrogen-bond donors (Lipinski definition) is 1. The Morgan fingerprint density at radius 1 is 0.977 bits per heavy atom. The first kappa shape index (κ1) is 33.5. The van der Waals surface area contributed by atoms with Gasteiger partial charge in [-0.3, -0.25) is 19.3 Å². The lowest BCUT2D eigenvalue weighted by molar-refractivity contribution is -0.153. The third kappa shape index (κ3) is 9.32. The Balaban J connectivity index is 1.43. The number of benzene rings is 2. The van der Waals surface area contributed by atoms with Gasteiger partial charge in [-0.25, -0.2) is 0 Å².